The van der Waals surface area contributed by atoms with Gasteiger partial charge in [-0.15, -0.1) is 0 Å². The molecular formula is C17H20N2O2. The molecule has 1 amide bonds. The van der Waals surface area contributed by atoms with Gasteiger partial charge in [-0.05, 0) is 48.5 Å². The maximum Gasteiger partial charge on any atom is 0.226 e. The van der Waals surface area contributed by atoms with Crippen molar-refractivity contribution in [2.45, 2.75) is 13.8 Å². The summed E-state index contributed by atoms with van der Waals surface area (Å²) in [6.07, 6.45) is 0. The number of ether oxygens (including phenoxy) is 1. The van der Waals surface area contributed by atoms with E-state index >= 15 is 0 Å². The SMILES string of the molecule is COc1ccc(Nc2ccc(NC(=O)C(C)C)cc2)cc1. The summed E-state index contributed by atoms with van der Waals surface area (Å²) in [5, 5.41) is 6.15. The van der Waals surface area contributed by atoms with E-state index in [1.54, 1.807) is 7.11 Å². The zero-order chi connectivity index (χ0) is 15.2. The van der Waals surface area contributed by atoms with Crippen LogP contribution >= 0.6 is 0 Å². The monoisotopic (exact) mass is 284 g/mol. The Labute approximate surface area is 125 Å². The average molecular weight is 284 g/mol. The van der Waals surface area contributed by atoms with Gasteiger partial charge in [0.15, 0.2) is 0 Å². The molecule has 0 atom stereocenters. The highest BCUT2D eigenvalue weighted by Gasteiger charge is 2.06. The van der Waals surface area contributed by atoms with Gasteiger partial charge >= 0.3 is 0 Å². The lowest BCUT2D eigenvalue weighted by Gasteiger charge is -2.10. The zero-order valence-corrected chi connectivity index (χ0v) is 12.5. The van der Waals surface area contributed by atoms with E-state index < -0.39 is 0 Å². The van der Waals surface area contributed by atoms with Crippen LogP contribution in [-0.2, 0) is 4.79 Å². The Kier molecular flexibility index (Phi) is 4.82. The van der Waals surface area contributed by atoms with Crippen LogP contribution in [0.3, 0.4) is 0 Å². The van der Waals surface area contributed by atoms with Crippen LogP contribution in [0.5, 0.6) is 5.75 Å². The molecule has 2 aromatic carbocycles. The summed E-state index contributed by atoms with van der Waals surface area (Å²) in [4.78, 5) is 11.6. The first-order valence-corrected chi connectivity index (χ1v) is 6.90. The van der Waals surface area contributed by atoms with Crippen LogP contribution in [0, 0.1) is 5.92 Å². The molecule has 2 aromatic rings. The van der Waals surface area contributed by atoms with E-state index in [-0.39, 0.29) is 11.8 Å². The third-order valence-electron chi connectivity index (χ3n) is 3.06. The first-order chi connectivity index (χ1) is 10.1. The second-order valence-corrected chi connectivity index (χ2v) is 5.07. The molecule has 0 unspecified atom stereocenters. The summed E-state index contributed by atoms with van der Waals surface area (Å²) in [7, 11) is 1.65. The number of carbonyl (C=O) groups excluding carboxylic acids is 1. The molecule has 0 bridgehead atoms. The fraction of sp³-hybridized carbons (Fsp3) is 0.235. The van der Waals surface area contributed by atoms with Crippen molar-refractivity contribution < 1.29 is 9.53 Å². The van der Waals surface area contributed by atoms with Crippen molar-refractivity contribution in [3.05, 3.63) is 48.5 Å². The molecule has 0 aliphatic heterocycles. The molecule has 0 aromatic heterocycles. The molecule has 0 saturated heterocycles. The first-order valence-electron chi connectivity index (χ1n) is 6.90. The van der Waals surface area contributed by atoms with Gasteiger partial charge in [-0.25, -0.2) is 0 Å². The fourth-order valence-electron chi connectivity index (χ4n) is 1.76. The molecule has 4 heteroatoms. The molecule has 0 spiro atoms. The molecule has 0 saturated carbocycles. The first kappa shape index (κ1) is 14.9. The van der Waals surface area contributed by atoms with E-state index in [4.69, 9.17) is 4.74 Å². The number of anilines is 3. The molecular weight excluding hydrogens is 264 g/mol. The van der Waals surface area contributed by atoms with Crippen LogP contribution in [0.15, 0.2) is 48.5 Å². The quantitative estimate of drug-likeness (QED) is 0.871. The molecule has 0 aliphatic rings. The largest absolute Gasteiger partial charge is 0.497 e. The Morgan fingerprint density at radius 1 is 0.905 bits per heavy atom. The van der Waals surface area contributed by atoms with Gasteiger partial charge in [-0.2, -0.15) is 0 Å². The number of amides is 1. The van der Waals surface area contributed by atoms with Crippen LogP contribution < -0.4 is 15.4 Å². The lowest BCUT2D eigenvalue weighted by Crippen LogP contribution is -2.17. The number of nitrogens with one attached hydrogen (secondary N) is 2. The van der Waals surface area contributed by atoms with Crippen molar-refractivity contribution in [3.8, 4) is 5.75 Å². The summed E-state index contributed by atoms with van der Waals surface area (Å²) in [5.74, 6) is 0.820. The van der Waals surface area contributed by atoms with Crippen molar-refractivity contribution in [1.82, 2.24) is 0 Å². The predicted octanol–water partition coefficient (Wildman–Crippen LogP) is 4.03. The topological polar surface area (TPSA) is 50.4 Å². The van der Waals surface area contributed by atoms with Crippen molar-refractivity contribution >= 4 is 23.0 Å². The van der Waals surface area contributed by atoms with Crippen LogP contribution in [-0.4, -0.2) is 13.0 Å². The summed E-state index contributed by atoms with van der Waals surface area (Å²) in [5.41, 5.74) is 2.74. The molecule has 2 N–H and O–H groups in total. The number of hydrogen-bond donors (Lipinski definition) is 2. The molecule has 21 heavy (non-hydrogen) atoms. The third-order valence-corrected chi connectivity index (χ3v) is 3.06. The maximum atomic E-state index is 11.6. The Bertz CT molecular complexity index is 589. The van der Waals surface area contributed by atoms with E-state index in [2.05, 4.69) is 10.6 Å². The number of carbonyl (C=O) groups is 1. The van der Waals surface area contributed by atoms with Crippen LogP contribution in [0.1, 0.15) is 13.8 Å². The van der Waals surface area contributed by atoms with Crippen LogP contribution in [0.2, 0.25) is 0 Å². The Morgan fingerprint density at radius 3 is 1.86 bits per heavy atom. The normalized spacial score (nSPS) is 10.3. The standard InChI is InChI=1S/C17H20N2O2/c1-12(2)17(20)19-15-6-4-13(5-7-15)18-14-8-10-16(21-3)11-9-14/h4-12,18H,1-3H3,(H,19,20). The van der Waals surface area contributed by atoms with Gasteiger partial charge in [0, 0.05) is 23.0 Å². The van der Waals surface area contributed by atoms with E-state index in [9.17, 15) is 4.79 Å². The molecule has 4 nitrogen and oxygen atoms in total. The van der Waals surface area contributed by atoms with E-state index in [1.807, 2.05) is 62.4 Å². The fourth-order valence-corrected chi connectivity index (χ4v) is 1.76. The zero-order valence-electron chi connectivity index (χ0n) is 12.5. The van der Waals surface area contributed by atoms with Crippen molar-refractivity contribution in [2.24, 2.45) is 5.92 Å². The smallest absolute Gasteiger partial charge is 0.226 e. The molecule has 110 valence electrons. The van der Waals surface area contributed by atoms with Gasteiger partial charge in [0.1, 0.15) is 5.75 Å². The second kappa shape index (κ2) is 6.79. The molecule has 0 fully saturated rings. The van der Waals surface area contributed by atoms with Crippen molar-refractivity contribution in [2.75, 3.05) is 17.7 Å². The van der Waals surface area contributed by atoms with Crippen molar-refractivity contribution in [3.63, 3.8) is 0 Å². The second-order valence-electron chi connectivity index (χ2n) is 5.07. The van der Waals surface area contributed by atoms with Gasteiger partial charge in [-0.3, -0.25) is 4.79 Å². The lowest BCUT2D eigenvalue weighted by atomic mass is 10.2. The Balaban J connectivity index is 2.00. The number of hydrogen-bond acceptors (Lipinski definition) is 3. The highest BCUT2D eigenvalue weighted by atomic mass is 16.5. The highest BCUT2D eigenvalue weighted by Crippen LogP contribution is 2.21. The molecule has 0 heterocycles. The molecule has 2 rings (SSSR count). The van der Waals surface area contributed by atoms with Gasteiger partial charge in [0.2, 0.25) is 5.91 Å². The predicted molar refractivity (Wildman–Crippen MR) is 86.2 cm³/mol. The summed E-state index contributed by atoms with van der Waals surface area (Å²) in [6.45, 7) is 3.74. The Hall–Kier alpha value is -2.49. The number of methoxy groups -OCH3 is 1. The van der Waals surface area contributed by atoms with Gasteiger partial charge < -0.3 is 15.4 Å². The van der Waals surface area contributed by atoms with E-state index in [1.165, 1.54) is 0 Å². The minimum absolute atomic E-state index is 0.0193. The van der Waals surface area contributed by atoms with Gasteiger partial charge in [-0.1, -0.05) is 13.8 Å². The molecule has 0 aliphatic carbocycles. The summed E-state index contributed by atoms with van der Waals surface area (Å²) >= 11 is 0. The third kappa shape index (κ3) is 4.24. The van der Waals surface area contributed by atoms with Crippen LogP contribution in [0.4, 0.5) is 17.1 Å². The highest BCUT2D eigenvalue weighted by molar-refractivity contribution is 5.92. The minimum Gasteiger partial charge on any atom is -0.497 e. The Morgan fingerprint density at radius 2 is 1.38 bits per heavy atom. The lowest BCUT2D eigenvalue weighted by molar-refractivity contribution is -0.118. The van der Waals surface area contributed by atoms with Gasteiger partial charge in [0.25, 0.3) is 0 Å². The number of benzene rings is 2. The van der Waals surface area contributed by atoms with E-state index in [0.717, 1.165) is 22.8 Å². The van der Waals surface area contributed by atoms with Gasteiger partial charge in [0.05, 0.1) is 7.11 Å². The summed E-state index contributed by atoms with van der Waals surface area (Å²) < 4.78 is 5.12. The number of rotatable bonds is 5. The minimum atomic E-state index is -0.0258. The van der Waals surface area contributed by atoms with E-state index in [0.29, 0.717) is 0 Å². The van der Waals surface area contributed by atoms with Crippen molar-refractivity contribution in [1.29, 1.82) is 0 Å². The average Bonchev–Trinajstić information content (AvgIpc) is 2.50. The molecule has 0 radical (unpaired) electrons. The summed E-state index contributed by atoms with van der Waals surface area (Å²) in [6, 6.07) is 15.3. The van der Waals surface area contributed by atoms with Crippen LogP contribution in [0.25, 0.3) is 0 Å². The maximum absolute atomic E-state index is 11.6.